The zero-order valence-electron chi connectivity index (χ0n) is 9.04. The van der Waals surface area contributed by atoms with Gasteiger partial charge in [-0.2, -0.15) is 0 Å². The smallest absolute Gasteiger partial charge is 0.253 e. The molecule has 1 aromatic rings. The first kappa shape index (κ1) is 13.1. The fourth-order valence-electron chi connectivity index (χ4n) is 1.28. The maximum absolute atomic E-state index is 13.0. The summed E-state index contributed by atoms with van der Waals surface area (Å²) in [6.07, 6.45) is 0.755. The molecule has 0 atom stereocenters. The summed E-state index contributed by atoms with van der Waals surface area (Å²) in [5.41, 5.74) is 5.83. The number of hydrogen-bond donors (Lipinski definition) is 1. The molecule has 0 aliphatic heterocycles. The fraction of sp³-hybridized carbons (Fsp3) is 0.364. The Morgan fingerprint density at radius 1 is 1.56 bits per heavy atom. The minimum absolute atomic E-state index is 0.130. The summed E-state index contributed by atoms with van der Waals surface area (Å²) < 4.78 is 13.3. The predicted molar refractivity (Wildman–Crippen MR) is 64.7 cm³/mol. The summed E-state index contributed by atoms with van der Waals surface area (Å²) in [6.45, 7) is 1.15. The molecule has 1 rings (SSSR count). The second-order valence-electron chi connectivity index (χ2n) is 3.50. The van der Waals surface area contributed by atoms with Crippen LogP contribution in [0.4, 0.5) is 4.39 Å². The number of nitrogens with zero attached hydrogens (tertiary/aromatic N) is 1. The van der Waals surface area contributed by atoms with E-state index in [-0.39, 0.29) is 11.7 Å². The summed E-state index contributed by atoms with van der Waals surface area (Å²) >= 11 is 3.05. The molecule has 0 fully saturated rings. The third-order valence-corrected chi connectivity index (χ3v) is 2.82. The van der Waals surface area contributed by atoms with E-state index in [9.17, 15) is 9.18 Å². The van der Waals surface area contributed by atoms with Gasteiger partial charge in [0, 0.05) is 19.2 Å². The average molecular weight is 289 g/mol. The van der Waals surface area contributed by atoms with Crippen LogP contribution in [0, 0.1) is 5.82 Å². The quantitative estimate of drug-likeness (QED) is 0.921. The van der Waals surface area contributed by atoms with Gasteiger partial charge in [0.05, 0.1) is 4.47 Å². The van der Waals surface area contributed by atoms with Crippen molar-refractivity contribution in [3.8, 4) is 0 Å². The first-order valence-electron chi connectivity index (χ1n) is 4.97. The number of hydrogen-bond acceptors (Lipinski definition) is 2. The lowest BCUT2D eigenvalue weighted by Crippen LogP contribution is -2.28. The molecule has 0 heterocycles. The SMILES string of the molecule is CN(CCCN)C(=O)c1ccc(F)c(Br)c1. The van der Waals surface area contributed by atoms with E-state index >= 15 is 0 Å². The van der Waals surface area contributed by atoms with Gasteiger partial charge < -0.3 is 10.6 Å². The molecule has 1 amide bonds. The number of carbonyl (C=O) groups excluding carboxylic acids is 1. The molecule has 1 aromatic carbocycles. The first-order chi connectivity index (χ1) is 7.56. The van der Waals surface area contributed by atoms with Crippen molar-refractivity contribution in [3.63, 3.8) is 0 Å². The van der Waals surface area contributed by atoms with E-state index in [1.54, 1.807) is 11.9 Å². The van der Waals surface area contributed by atoms with Gasteiger partial charge in [0.1, 0.15) is 5.82 Å². The minimum Gasteiger partial charge on any atom is -0.342 e. The Morgan fingerprint density at radius 3 is 2.81 bits per heavy atom. The molecule has 88 valence electrons. The van der Waals surface area contributed by atoms with E-state index in [0.717, 1.165) is 6.42 Å². The Hall–Kier alpha value is -0.940. The molecule has 0 spiro atoms. The lowest BCUT2D eigenvalue weighted by Gasteiger charge is -2.16. The normalized spacial score (nSPS) is 10.2. The van der Waals surface area contributed by atoms with E-state index < -0.39 is 0 Å². The second-order valence-corrected chi connectivity index (χ2v) is 4.35. The Balaban J connectivity index is 2.76. The van der Waals surface area contributed by atoms with E-state index in [0.29, 0.717) is 23.1 Å². The molecule has 5 heteroatoms. The van der Waals surface area contributed by atoms with Gasteiger partial charge in [-0.25, -0.2) is 4.39 Å². The lowest BCUT2D eigenvalue weighted by atomic mass is 10.2. The van der Waals surface area contributed by atoms with Gasteiger partial charge in [-0.1, -0.05) is 0 Å². The standard InChI is InChI=1S/C11H14BrFN2O/c1-15(6-2-5-14)11(16)8-3-4-10(13)9(12)7-8/h3-4,7H,2,5-6,14H2,1H3. The maximum Gasteiger partial charge on any atom is 0.253 e. The number of benzene rings is 1. The van der Waals surface area contributed by atoms with Crippen molar-refractivity contribution in [3.05, 3.63) is 34.1 Å². The van der Waals surface area contributed by atoms with Crippen LogP contribution in [-0.2, 0) is 0 Å². The van der Waals surface area contributed by atoms with Gasteiger partial charge >= 0.3 is 0 Å². The Kier molecular flexibility index (Phi) is 4.89. The third kappa shape index (κ3) is 3.28. The van der Waals surface area contributed by atoms with Crippen LogP contribution in [0.5, 0.6) is 0 Å². The van der Waals surface area contributed by atoms with Gasteiger partial charge in [0.25, 0.3) is 5.91 Å². The van der Waals surface area contributed by atoms with Crippen molar-refractivity contribution >= 4 is 21.8 Å². The lowest BCUT2D eigenvalue weighted by molar-refractivity contribution is 0.0794. The molecular formula is C11H14BrFN2O. The van der Waals surface area contributed by atoms with Crippen molar-refractivity contribution < 1.29 is 9.18 Å². The number of nitrogens with two attached hydrogens (primary N) is 1. The van der Waals surface area contributed by atoms with Crippen LogP contribution in [0.3, 0.4) is 0 Å². The van der Waals surface area contributed by atoms with E-state index in [1.807, 2.05) is 0 Å². The Labute approximate surface area is 103 Å². The van der Waals surface area contributed by atoms with Gasteiger partial charge in [0.15, 0.2) is 0 Å². The minimum atomic E-state index is -0.374. The zero-order chi connectivity index (χ0) is 12.1. The largest absolute Gasteiger partial charge is 0.342 e. The van der Waals surface area contributed by atoms with E-state index in [4.69, 9.17) is 5.73 Å². The molecule has 0 saturated carbocycles. The highest BCUT2D eigenvalue weighted by Crippen LogP contribution is 2.17. The van der Waals surface area contributed by atoms with Gasteiger partial charge in [0.2, 0.25) is 0 Å². The highest BCUT2D eigenvalue weighted by Gasteiger charge is 2.12. The highest BCUT2D eigenvalue weighted by molar-refractivity contribution is 9.10. The molecule has 0 aromatic heterocycles. The highest BCUT2D eigenvalue weighted by atomic mass is 79.9. The van der Waals surface area contributed by atoms with Crippen LogP contribution in [0.25, 0.3) is 0 Å². The molecule has 3 nitrogen and oxygen atoms in total. The van der Waals surface area contributed by atoms with E-state index in [1.165, 1.54) is 18.2 Å². The molecule has 0 saturated heterocycles. The van der Waals surface area contributed by atoms with Crippen LogP contribution < -0.4 is 5.73 Å². The second kappa shape index (κ2) is 5.96. The molecule has 0 bridgehead atoms. The van der Waals surface area contributed by atoms with Gasteiger partial charge in [-0.3, -0.25) is 4.79 Å². The van der Waals surface area contributed by atoms with Crippen molar-refractivity contribution in [2.24, 2.45) is 5.73 Å². The van der Waals surface area contributed by atoms with Crippen LogP contribution in [0.15, 0.2) is 22.7 Å². The summed E-state index contributed by atoms with van der Waals surface area (Å²) in [5.74, 6) is -0.504. The van der Waals surface area contributed by atoms with Gasteiger partial charge in [-0.15, -0.1) is 0 Å². The van der Waals surface area contributed by atoms with Crippen LogP contribution in [-0.4, -0.2) is 30.9 Å². The van der Waals surface area contributed by atoms with Gasteiger partial charge in [-0.05, 0) is 47.1 Å². The van der Waals surface area contributed by atoms with Crippen molar-refractivity contribution in [2.75, 3.05) is 20.1 Å². The Bertz CT molecular complexity index is 384. The summed E-state index contributed by atoms with van der Waals surface area (Å²) in [5, 5.41) is 0. The molecule has 0 unspecified atom stereocenters. The molecule has 0 radical (unpaired) electrons. The number of rotatable bonds is 4. The van der Waals surface area contributed by atoms with Crippen LogP contribution in [0.2, 0.25) is 0 Å². The van der Waals surface area contributed by atoms with Crippen LogP contribution in [0.1, 0.15) is 16.8 Å². The summed E-state index contributed by atoms with van der Waals surface area (Å²) in [4.78, 5) is 13.4. The van der Waals surface area contributed by atoms with Crippen molar-refractivity contribution in [1.29, 1.82) is 0 Å². The number of amides is 1. The molecular weight excluding hydrogens is 275 g/mol. The summed E-state index contributed by atoms with van der Waals surface area (Å²) in [6, 6.07) is 4.23. The monoisotopic (exact) mass is 288 g/mol. The maximum atomic E-state index is 13.0. The molecule has 16 heavy (non-hydrogen) atoms. The first-order valence-corrected chi connectivity index (χ1v) is 5.76. The molecule has 0 aliphatic rings. The van der Waals surface area contributed by atoms with Crippen molar-refractivity contribution in [1.82, 2.24) is 4.90 Å². The number of carbonyl (C=O) groups is 1. The fourth-order valence-corrected chi connectivity index (χ4v) is 1.66. The molecule has 2 N–H and O–H groups in total. The average Bonchev–Trinajstić information content (AvgIpc) is 2.28. The van der Waals surface area contributed by atoms with Crippen molar-refractivity contribution in [2.45, 2.75) is 6.42 Å². The topological polar surface area (TPSA) is 46.3 Å². The van der Waals surface area contributed by atoms with E-state index in [2.05, 4.69) is 15.9 Å². The predicted octanol–water partition coefficient (Wildman–Crippen LogP) is 2.01. The Morgan fingerprint density at radius 2 is 2.25 bits per heavy atom. The number of halogens is 2. The van der Waals surface area contributed by atoms with Crippen LogP contribution >= 0.6 is 15.9 Å². The zero-order valence-corrected chi connectivity index (χ0v) is 10.6. The molecule has 0 aliphatic carbocycles. The third-order valence-electron chi connectivity index (χ3n) is 2.21. The summed E-state index contributed by atoms with van der Waals surface area (Å²) in [7, 11) is 1.70.